The highest BCUT2D eigenvalue weighted by Crippen LogP contribution is 2.29. The number of para-hydroxylation sites is 2. The first-order valence-electron chi connectivity index (χ1n) is 7.99. The van der Waals surface area contributed by atoms with Crippen molar-refractivity contribution in [2.75, 3.05) is 18.4 Å². The molecule has 0 radical (unpaired) electrons. The lowest BCUT2D eigenvalue weighted by Gasteiger charge is -2.29. The van der Waals surface area contributed by atoms with Crippen LogP contribution < -0.4 is 15.4 Å². The Hall–Kier alpha value is -1.71. The third-order valence-corrected chi connectivity index (χ3v) is 4.63. The number of hydrogen-bond donors (Lipinski definition) is 2. The molecule has 1 aliphatic carbocycles. The number of rotatable bonds is 3. The van der Waals surface area contributed by atoms with Crippen LogP contribution in [0.15, 0.2) is 24.3 Å². The summed E-state index contributed by atoms with van der Waals surface area (Å²) in [5.74, 6) is 2.24. The van der Waals surface area contributed by atoms with Crippen molar-refractivity contribution in [2.45, 2.75) is 38.7 Å². The van der Waals surface area contributed by atoms with Crippen molar-refractivity contribution in [1.82, 2.24) is 5.32 Å². The van der Waals surface area contributed by atoms with E-state index in [9.17, 15) is 4.79 Å². The van der Waals surface area contributed by atoms with E-state index in [4.69, 9.17) is 4.74 Å². The molecule has 2 aliphatic rings. The Morgan fingerprint density at radius 1 is 1.29 bits per heavy atom. The maximum absolute atomic E-state index is 12.2. The van der Waals surface area contributed by atoms with Crippen LogP contribution in [0.2, 0.25) is 0 Å². The van der Waals surface area contributed by atoms with Gasteiger partial charge in [-0.1, -0.05) is 31.9 Å². The Morgan fingerprint density at radius 2 is 2.05 bits per heavy atom. The van der Waals surface area contributed by atoms with E-state index in [-0.39, 0.29) is 5.91 Å². The normalized spacial score (nSPS) is 28.0. The monoisotopic (exact) mass is 288 g/mol. The number of fused-ring (bicyclic) bond motifs is 1. The van der Waals surface area contributed by atoms with E-state index in [0.29, 0.717) is 12.5 Å². The SMILES string of the molecule is CC1CCC(CNC(=O)C2CNc3ccccc3O2)CC1. The molecule has 1 aliphatic heterocycles. The van der Waals surface area contributed by atoms with Crippen molar-refractivity contribution in [3.05, 3.63) is 24.3 Å². The second kappa shape index (κ2) is 6.37. The Balaban J connectivity index is 1.48. The van der Waals surface area contributed by atoms with Gasteiger partial charge in [0.15, 0.2) is 6.10 Å². The number of carbonyl (C=O) groups is 1. The molecule has 1 fully saturated rings. The molecule has 0 saturated heterocycles. The van der Waals surface area contributed by atoms with E-state index in [1.165, 1.54) is 25.7 Å². The first kappa shape index (κ1) is 14.2. The highest BCUT2D eigenvalue weighted by atomic mass is 16.5. The molecule has 2 N–H and O–H groups in total. The first-order valence-corrected chi connectivity index (χ1v) is 7.99. The third-order valence-electron chi connectivity index (χ3n) is 4.63. The van der Waals surface area contributed by atoms with Crippen LogP contribution in [0, 0.1) is 11.8 Å². The maximum atomic E-state index is 12.2. The zero-order valence-corrected chi connectivity index (χ0v) is 12.6. The van der Waals surface area contributed by atoms with Crippen LogP contribution >= 0.6 is 0 Å². The van der Waals surface area contributed by atoms with Crippen LogP contribution in [0.4, 0.5) is 5.69 Å². The molecule has 21 heavy (non-hydrogen) atoms. The molecule has 1 heterocycles. The zero-order chi connectivity index (χ0) is 14.7. The molecule has 4 nitrogen and oxygen atoms in total. The number of anilines is 1. The quantitative estimate of drug-likeness (QED) is 0.899. The van der Waals surface area contributed by atoms with Crippen molar-refractivity contribution in [1.29, 1.82) is 0 Å². The predicted octanol–water partition coefficient (Wildman–Crippen LogP) is 2.80. The topological polar surface area (TPSA) is 50.4 Å². The molecular weight excluding hydrogens is 264 g/mol. The summed E-state index contributed by atoms with van der Waals surface area (Å²) in [7, 11) is 0. The molecule has 0 aromatic heterocycles. The van der Waals surface area contributed by atoms with Gasteiger partial charge in [-0.25, -0.2) is 0 Å². The van der Waals surface area contributed by atoms with Gasteiger partial charge >= 0.3 is 0 Å². The molecule has 3 rings (SSSR count). The smallest absolute Gasteiger partial charge is 0.262 e. The minimum Gasteiger partial charge on any atom is -0.477 e. The molecule has 0 spiro atoms. The fraction of sp³-hybridized carbons (Fsp3) is 0.588. The summed E-state index contributed by atoms with van der Waals surface area (Å²) < 4.78 is 5.78. The summed E-state index contributed by atoms with van der Waals surface area (Å²) in [6.45, 7) is 3.63. The number of hydrogen-bond acceptors (Lipinski definition) is 3. The molecule has 1 saturated carbocycles. The van der Waals surface area contributed by atoms with Crippen molar-refractivity contribution >= 4 is 11.6 Å². The molecule has 1 atom stereocenters. The van der Waals surface area contributed by atoms with Crippen molar-refractivity contribution < 1.29 is 9.53 Å². The second-order valence-corrected chi connectivity index (χ2v) is 6.35. The Morgan fingerprint density at radius 3 is 2.86 bits per heavy atom. The Kier molecular flexibility index (Phi) is 4.32. The summed E-state index contributed by atoms with van der Waals surface area (Å²) in [4.78, 5) is 12.2. The first-order chi connectivity index (χ1) is 10.2. The van der Waals surface area contributed by atoms with Gasteiger partial charge in [-0.05, 0) is 36.8 Å². The molecule has 4 heteroatoms. The summed E-state index contributed by atoms with van der Waals surface area (Å²) >= 11 is 0. The van der Waals surface area contributed by atoms with Crippen LogP contribution in [0.3, 0.4) is 0 Å². The lowest BCUT2D eigenvalue weighted by atomic mass is 9.83. The zero-order valence-electron chi connectivity index (χ0n) is 12.6. The molecule has 1 unspecified atom stereocenters. The summed E-state index contributed by atoms with van der Waals surface area (Å²) in [5.41, 5.74) is 0.961. The second-order valence-electron chi connectivity index (χ2n) is 6.35. The van der Waals surface area contributed by atoms with E-state index in [0.717, 1.165) is 23.9 Å². The fourth-order valence-corrected chi connectivity index (χ4v) is 3.15. The van der Waals surface area contributed by atoms with Crippen LogP contribution in [-0.4, -0.2) is 25.1 Å². The molecule has 1 aromatic carbocycles. The minimum atomic E-state index is -0.428. The number of benzene rings is 1. The van der Waals surface area contributed by atoms with Gasteiger partial charge in [-0.15, -0.1) is 0 Å². The number of carbonyl (C=O) groups excluding carboxylic acids is 1. The van der Waals surface area contributed by atoms with E-state index in [1.54, 1.807) is 0 Å². The van der Waals surface area contributed by atoms with Crippen LogP contribution in [-0.2, 0) is 4.79 Å². The molecule has 114 valence electrons. The minimum absolute atomic E-state index is 0.00405. The summed E-state index contributed by atoms with van der Waals surface area (Å²) in [6.07, 6.45) is 4.61. The van der Waals surface area contributed by atoms with Gasteiger partial charge in [0.25, 0.3) is 5.91 Å². The van der Waals surface area contributed by atoms with Gasteiger partial charge in [0.1, 0.15) is 5.75 Å². The van der Waals surface area contributed by atoms with Gasteiger partial charge in [0, 0.05) is 6.54 Å². The number of amides is 1. The van der Waals surface area contributed by atoms with Gasteiger partial charge < -0.3 is 15.4 Å². The highest BCUT2D eigenvalue weighted by molar-refractivity contribution is 5.83. The Labute approximate surface area is 126 Å². The summed E-state index contributed by atoms with van der Waals surface area (Å²) in [6, 6.07) is 7.74. The van der Waals surface area contributed by atoms with Crippen molar-refractivity contribution in [3.63, 3.8) is 0 Å². The lowest BCUT2D eigenvalue weighted by molar-refractivity contribution is -0.127. The predicted molar refractivity (Wildman–Crippen MR) is 83.5 cm³/mol. The molecule has 1 amide bonds. The average molecular weight is 288 g/mol. The molecule has 0 bridgehead atoms. The van der Waals surface area contributed by atoms with Gasteiger partial charge in [-0.2, -0.15) is 0 Å². The lowest BCUT2D eigenvalue weighted by Crippen LogP contribution is -2.46. The standard InChI is InChI=1S/C17H24N2O2/c1-12-6-8-13(9-7-12)10-19-17(20)16-11-18-14-4-2-3-5-15(14)21-16/h2-5,12-13,16,18H,6-11H2,1H3,(H,19,20). The largest absolute Gasteiger partial charge is 0.477 e. The maximum Gasteiger partial charge on any atom is 0.262 e. The van der Waals surface area contributed by atoms with E-state index in [1.807, 2.05) is 24.3 Å². The fourth-order valence-electron chi connectivity index (χ4n) is 3.15. The van der Waals surface area contributed by atoms with Gasteiger partial charge in [-0.3, -0.25) is 4.79 Å². The average Bonchev–Trinajstić information content (AvgIpc) is 2.53. The van der Waals surface area contributed by atoms with Crippen LogP contribution in [0.1, 0.15) is 32.6 Å². The van der Waals surface area contributed by atoms with Gasteiger partial charge in [0.2, 0.25) is 0 Å². The van der Waals surface area contributed by atoms with Crippen molar-refractivity contribution in [2.24, 2.45) is 11.8 Å². The molecule has 1 aromatic rings. The van der Waals surface area contributed by atoms with E-state index < -0.39 is 6.10 Å². The summed E-state index contributed by atoms with van der Waals surface area (Å²) in [5, 5.41) is 6.32. The Bertz CT molecular complexity index is 495. The van der Waals surface area contributed by atoms with Crippen molar-refractivity contribution in [3.8, 4) is 5.75 Å². The third kappa shape index (κ3) is 3.49. The van der Waals surface area contributed by atoms with E-state index >= 15 is 0 Å². The van der Waals surface area contributed by atoms with Gasteiger partial charge in [0.05, 0.1) is 12.2 Å². The van der Waals surface area contributed by atoms with E-state index in [2.05, 4.69) is 17.6 Å². The van der Waals surface area contributed by atoms with Crippen LogP contribution in [0.25, 0.3) is 0 Å². The number of ether oxygens (including phenoxy) is 1. The highest BCUT2D eigenvalue weighted by Gasteiger charge is 2.26. The van der Waals surface area contributed by atoms with Crippen LogP contribution in [0.5, 0.6) is 5.75 Å². The number of nitrogens with one attached hydrogen (secondary N) is 2. The molecular formula is C17H24N2O2.